The van der Waals surface area contributed by atoms with E-state index in [2.05, 4.69) is 0 Å². The van der Waals surface area contributed by atoms with Crippen LogP contribution in [-0.2, 0) is 19.3 Å². The summed E-state index contributed by atoms with van der Waals surface area (Å²) in [6.45, 7) is 2.60. The van der Waals surface area contributed by atoms with Crippen molar-refractivity contribution in [3.8, 4) is 0 Å². The molecule has 0 N–H and O–H groups in total. The molecule has 0 aromatic heterocycles. The SMILES string of the molecule is CCCC(OC1CCCCO1)S(=O)(=O)c1ccccc1. The van der Waals surface area contributed by atoms with Crippen LogP contribution in [-0.4, -0.2) is 26.8 Å². The van der Waals surface area contributed by atoms with Crippen LogP contribution in [0.2, 0.25) is 0 Å². The van der Waals surface area contributed by atoms with E-state index < -0.39 is 21.6 Å². The highest BCUT2D eigenvalue weighted by molar-refractivity contribution is 7.91. The lowest BCUT2D eigenvalue weighted by atomic mass is 10.2. The molecule has 1 aliphatic heterocycles. The molecule has 4 nitrogen and oxygen atoms in total. The van der Waals surface area contributed by atoms with E-state index in [1.165, 1.54) is 0 Å². The third-order valence-corrected chi connectivity index (χ3v) is 5.35. The highest BCUT2D eigenvalue weighted by Gasteiger charge is 2.31. The molecule has 2 rings (SSSR count). The summed E-state index contributed by atoms with van der Waals surface area (Å²) >= 11 is 0. The summed E-state index contributed by atoms with van der Waals surface area (Å²) in [5, 5.41) is 0. The molecule has 0 aliphatic carbocycles. The summed E-state index contributed by atoms with van der Waals surface area (Å²) in [6.07, 6.45) is 3.66. The molecule has 0 spiro atoms. The standard InChI is InChI=1S/C15H22O4S/c1-2-8-15(19-14-11-6-7-12-18-14)20(16,17)13-9-4-3-5-10-13/h3-5,9-10,14-15H,2,6-8,11-12H2,1H3. The lowest BCUT2D eigenvalue weighted by Crippen LogP contribution is -2.33. The van der Waals surface area contributed by atoms with E-state index in [4.69, 9.17) is 9.47 Å². The van der Waals surface area contributed by atoms with Crippen LogP contribution in [0.5, 0.6) is 0 Å². The number of rotatable bonds is 6. The van der Waals surface area contributed by atoms with Crippen LogP contribution >= 0.6 is 0 Å². The predicted octanol–water partition coefficient (Wildman–Crippen LogP) is 3.13. The molecule has 1 fully saturated rings. The van der Waals surface area contributed by atoms with Gasteiger partial charge in [0.2, 0.25) is 9.84 Å². The Morgan fingerprint density at radius 3 is 2.65 bits per heavy atom. The van der Waals surface area contributed by atoms with E-state index in [-0.39, 0.29) is 0 Å². The molecular formula is C15H22O4S. The van der Waals surface area contributed by atoms with Crippen LogP contribution in [0.4, 0.5) is 0 Å². The highest BCUT2D eigenvalue weighted by Crippen LogP contribution is 2.24. The smallest absolute Gasteiger partial charge is 0.205 e. The predicted molar refractivity (Wildman–Crippen MR) is 77.0 cm³/mol. The second-order valence-electron chi connectivity index (χ2n) is 5.01. The van der Waals surface area contributed by atoms with Crippen molar-refractivity contribution >= 4 is 9.84 Å². The summed E-state index contributed by atoms with van der Waals surface area (Å²) < 4.78 is 36.5. The molecule has 0 bridgehead atoms. The summed E-state index contributed by atoms with van der Waals surface area (Å²) in [5.74, 6) is 0. The van der Waals surface area contributed by atoms with Crippen molar-refractivity contribution < 1.29 is 17.9 Å². The molecule has 20 heavy (non-hydrogen) atoms. The minimum absolute atomic E-state index is 0.314. The Kier molecular flexibility index (Phi) is 5.57. The number of benzene rings is 1. The minimum atomic E-state index is -3.46. The second kappa shape index (κ2) is 7.20. The molecule has 1 aliphatic rings. The normalized spacial score (nSPS) is 21.6. The van der Waals surface area contributed by atoms with Crippen molar-refractivity contribution in [3.63, 3.8) is 0 Å². The van der Waals surface area contributed by atoms with Gasteiger partial charge in [-0.3, -0.25) is 0 Å². The van der Waals surface area contributed by atoms with Gasteiger partial charge in [-0.25, -0.2) is 8.42 Å². The Morgan fingerprint density at radius 2 is 2.05 bits per heavy atom. The largest absolute Gasteiger partial charge is 0.353 e. The summed E-state index contributed by atoms with van der Waals surface area (Å²) in [4.78, 5) is 0.314. The molecule has 0 saturated carbocycles. The molecule has 0 amide bonds. The third-order valence-electron chi connectivity index (χ3n) is 3.38. The molecule has 2 atom stereocenters. The van der Waals surface area contributed by atoms with Crippen molar-refractivity contribution in [2.24, 2.45) is 0 Å². The number of hydrogen-bond donors (Lipinski definition) is 0. The Labute approximate surface area is 121 Å². The lowest BCUT2D eigenvalue weighted by molar-refractivity contribution is -0.172. The monoisotopic (exact) mass is 298 g/mol. The zero-order chi connectivity index (χ0) is 14.4. The maximum Gasteiger partial charge on any atom is 0.205 e. The summed E-state index contributed by atoms with van der Waals surface area (Å²) in [7, 11) is -3.46. The number of sulfone groups is 1. The van der Waals surface area contributed by atoms with Gasteiger partial charge in [0.25, 0.3) is 0 Å². The summed E-state index contributed by atoms with van der Waals surface area (Å²) in [5.41, 5.74) is -0.821. The van der Waals surface area contributed by atoms with Gasteiger partial charge in [-0.1, -0.05) is 31.5 Å². The second-order valence-corrected chi connectivity index (χ2v) is 7.10. The van der Waals surface area contributed by atoms with Crippen LogP contribution in [0.25, 0.3) is 0 Å². The fourth-order valence-electron chi connectivity index (χ4n) is 2.28. The van der Waals surface area contributed by atoms with E-state index in [0.29, 0.717) is 17.9 Å². The molecule has 1 aromatic carbocycles. The fraction of sp³-hybridized carbons (Fsp3) is 0.600. The van der Waals surface area contributed by atoms with Gasteiger partial charge in [-0.2, -0.15) is 0 Å². The Hall–Kier alpha value is -0.910. The average Bonchev–Trinajstić information content (AvgIpc) is 2.49. The van der Waals surface area contributed by atoms with E-state index in [0.717, 1.165) is 25.7 Å². The van der Waals surface area contributed by atoms with Gasteiger partial charge in [0.05, 0.1) is 4.90 Å². The first-order valence-electron chi connectivity index (χ1n) is 7.20. The molecule has 1 aromatic rings. The first-order chi connectivity index (χ1) is 9.64. The maximum absolute atomic E-state index is 12.6. The number of hydrogen-bond acceptors (Lipinski definition) is 4. The van der Waals surface area contributed by atoms with E-state index >= 15 is 0 Å². The van der Waals surface area contributed by atoms with E-state index in [1.54, 1.807) is 30.3 Å². The number of ether oxygens (including phenoxy) is 2. The van der Waals surface area contributed by atoms with Crippen molar-refractivity contribution in [2.45, 2.75) is 55.6 Å². The molecule has 1 saturated heterocycles. The zero-order valence-corrected chi connectivity index (χ0v) is 12.6. The molecule has 5 heteroatoms. The van der Waals surface area contributed by atoms with Gasteiger partial charge in [0, 0.05) is 6.61 Å². The van der Waals surface area contributed by atoms with Gasteiger partial charge >= 0.3 is 0 Å². The van der Waals surface area contributed by atoms with Crippen molar-refractivity contribution in [2.75, 3.05) is 6.61 Å². The average molecular weight is 298 g/mol. The lowest BCUT2D eigenvalue weighted by Gasteiger charge is -2.27. The topological polar surface area (TPSA) is 52.6 Å². The van der Waals surface area contributed by atoms with E-state index in [1.807, 2.05) is 6.92 Å². The highest BCUT2D eigenvalue weighted by atomic mass is 32.2. The van der Waals surface area contributed by atoms with Gasteiger partial charge in [0.1, 0.15) is 0 Å². The Bertz CT molecular complexity index is 492. The van der Waals surface area contributed by atoms with Gasteiger partial charge in [0.15, 0.2) is 11.7 Å². The first kappa shape index (κ1) is 15.5. The van der Waals surface area contributed by atoms with Crippen LogP contribution in [0, 0.1) is 0 Å². The molecule has 2 unspecified atom stereocenters. The van der Waals surface area contributed by atoms with Crippen LogP contribution in [0.3, 0.4) is 0 Å². The molecule has 112 valence electrons. The van der Waals surface area contributed by atoms with Crippen LogP contribution in [0.15, 0.2) is 35.2 Å². The first-order valence-corrected chi connectivity index (χ1v) is 8.75. The fourth-order valence-corrected chi connectivity index (χ4v) is 3.94. The quantitative estimate of drug-likeness (QED) is 0.809. The van der Waals surface area contributed by atoms with Crippen molar-refractivity contribution in [1.29, 1.82) is 0 Å². The van der Waals surface area contributed by atoms with Crippen molar-refractivity contribution in [1.82, 2.24) is 0 Å². The summed E-state index contributed by atoms with van der Waals surface area (Å²) in [6, 6.07) is 8.49. The van der Waals surface area contributed by atoms with Gasteiger partial charge in [-0.05, 0) is 37.8 Å². The Balaban J connectivity index is 2.14. The third kappa shape index (κ3) is 3.81. The van der Waals surface area contributed by atoms with E-state index in [9.17, 15) is 8.42 Å². The minimum Gasteiger partial charge on any atom is -0.353 e. The van der Waals surface area contributed by atoms with Gasteiger partial charge < -0.3 is 9.47 Å². The van der Waals surface area contributed by atoms with Crippen LogP contribution in [0.1, 0.15) is 39.0 Å². The Morgan fingerprint density at radius 1 is 1.30 bits per heavy atom. The van der Waals surface area contributed by atoms with Gasteiger partial charge in [-0.15, -0.1) is 0 Å². The molecular weight excluding hydrogens is 276 g/mol. The van der Waals surface area contributed by atoms with Crippen molar-refractivity contribution in [3.05, 3.63) is 30.3 Å². The zero-order valence-electron chi connectivity index (χ0n) is 11.8. The maximum atomic E-state index is 12.6. The van der Waals surface area contributed by atoms with Crippen LogP contribution < -0.4 is 0 Å². The molecule has 0 radical (unpaired) electrons. The molecule has 1 heterocycles.